The molecule has 2 rings (SSSR count). The molecule has 2 aromatic rings. The quantitative estimate of drug-likeness (QED) is 0.761. The molecule has 4 heteroatoms. The van der Waals surface area contributed by atoms with Gasteiger partial charge in [0.2, 0.25) is 0 Å². The Morgan fingerprint density at radius 2 is 2.18 bits per heavy atom. The van der Waals surface area contributed by atoms with Gasteiger partial charge in [0.05, 0.1) is 4.47 Å². The van der Waals surface area contributed by atoms with Gasteiger partial charge in [0.15, 0.2) is 5.78 Å². The van der Waals surface area contributed by atoms with Crippen LogP contribution in [-0.2, 0) is 6.42 Å². The Morgan fingerprint density at radius 1 is 1.35 bits per heavy atom. The molecular formula is C13H10BrFOS. The Labute approximate surface area is 111 Å². The number of carbonyl (C=O) groups excluding carboxylic acids is 1. The first-order valence-corrected chi connectivity index (χ1v) is 6.85. The van der Waals surface area contributed by atoms with E-state index in [2.05, 4.69) is 15.9 Å². The van der Waals surface area contributed by atoms with Gasteiger partial charge in [-0.05, 0) is 45.9 Å². The Morgan fingerprint density at radius 3 is 2.82 bits per heavy atom. The molecule has 88 valence electrons. The number of benzene rings is 1. The summed E-state index contributed by atoms with van der Waals surface area (Å²) >= 11 is 4.70. The van der Waals surface area contributed by atoms with Gasteiger partial charge in [0.25, 0.3) is 0 Å². The van der Waals surface area contributed by atoms with Gasteiger partial charge in [0, 0.05) is 16.9 Å². The highest BCUT2D eigenvalue weighted by atomic mass is 79.9. The second-order valence-electron chi connectivity index (χ2n) is 3.63. The van der Waals surface area contributed by atoms with Crippen molar-refractivity contribution in [3.8, 4) is 0 Å². The predicted octanol–water partition coefficient (Wildman–Crippen LogP) is 4.47. The summed E-state index contributed by atoms with van der Waals surface area (Å²) in [5.41, 5.74) is 0.433. The van der Waals surface area contributed by atoms with E-state index in [0.717, 1.165) is 0 Å². The zero-order valence-corrected chi connectivity index (χ0v) is 11.4. The molecule has 0 aliphatic carbocycles. The van der Waals surface area contributed by atoms with Crippen LogP contribution >= 0.6 is 27.3 Å². The molecule has 0 unspecified atom stereocenters. The third-order valence-electron chi connectivity index (χ3n) is 2.42. The smallest absolute Gasteiger partial charge is 0.163 e. The molecule has 0 aliphatic heterocycles. The molecular weight excluding hydrogens is 303 g/mol. The molecule has 0 saturated heterocycles. The standard InChI is InChI=1S/C13H10BrFOS/c14-11-5-3-9(8-12(11)15)13(16)6-4-10-2-1-7-17-10/h1-3,5,7-8H,4,6H2. The summed E-state index contributed by atoms with van der Waals surface area (Å²) in [5, 5.41) is 1.99. The van der Waals surface area contributed by atoms with E-state index in [0.29, 0.717) is 22.9 Å². The molecule has 0 atom stereocenters. The van der Waals surface area contributed by atoms with E-state index in [1.807, 2.05) is 17.5 Å². The maximum absolute atomic E-state index is 13.3. The molecule has 1 nitrogen and oxygen atoms in total. The van der Waals surface area contributed by atoms with Crippen molar-refractivity contribution in [2.24, 2.45) is 0 Å². The molecule has 0 N–H and O–H groups in total. The molecule has 0 saturated carbocycles. The predicted molar refractivity (Wildman–Crippen MR) is 71.1 cm³/mol. The SMILES string of the molecule is O=C(CCc1cccs1)c1ccc(Br)c(F)c1. The molecule has 0 amide bonds. The number of rotatable bonds is 4. The number of Topliss-reactive ketones (excluding diaryl/α,β-unsaturated/α-hetero) is 1. The van der Waals surface area contributed by atoms with Gasteiger partial charge in [-0.1, -0.05) is 12.1 Å². The van der Waals surface area contributed by atoms with Crippen molar-refractivity contribution in [2.75, 3.05) is 0 Å². The monoisotopic (exact) mass is 312 g/mol. The first kappa shape index (κ1) is 12.5. The first-order valence-electron chi connectivity index (χ1n) is 5.17. The molecule has 1 aromatic heterocycles. The van der Waals surface area contributed by atoms with Gasteiger partial charge in [0.1, 0.15) is 5.82 Å². The lowest BCUT2D eigenvalue weighted by Gasteiger charge is -2.01. The normalized spacial score (nSPS) is 10.5. The van der Waals surface area contributed by atoms with Crippen LogP contribution in [0, 0.1) is 5.82 Å². The fourth-order valence-electron chi connectivity index (χ4n) is 1.51. The number of ketones is 1. The highest BCUT2D eigenvalue weighted by Gasteiger charge is 2.09. The van der Waals surface area contributed by atoms with E-state index in [-0.39, 0.29) is 5.78 Å². The fraction of sp³-hybridized carbons (Fsp3) is 0.154. The number of halogens is 2. The van der Waals surface area contributed by atoms with Gasteiger partial charge in [-0.2, -0.15) is 0 Å². The van der Waals surface area contributed by atoms with Crippen LogP contribution in [0.15, 0.2) is 40.2 Å². The van der Waals surface area contributed by atoms with Gasteiger partial charge in [-0.3, -0.25) is 4.79 Å². The summed E-state index contributed by atoms with van der Waals surface area (Å²) in [6.45, 7) is 0. The van der Waals surface area contributed by atoms with Crippen LogP contribution in [0.5, 0.6) is 0 Å². The topological polar surface area (TPSA) is 17.1 Å². The minimum absolute atomic E-state index is 0.0233. The summed E-state index contributed by atoms with van der Waals surface area (Å²) in [6.07, 6.45) is 1.13. The lowest BCUT2D eigenvalue weighted by Crippen LogP contribution is -2.01. The number of hydrogen-bond acceptors (Lipinski definition) is 2. The average molecular weight is 313 g/mol. The van der Waals surface area contributed by atoms with Crippen LogP contribution in [0.25, 0.3) is 0 Å². The summed E-state index contributed by atoms with van der Waals surface area (Å²) in [7, 11) is 0. The van der Waals surface area contributed by atoms with Crippen LogP contribution in [0.2, 0.25) is 0 Å². The Bertz CT molecular complexity index is 522. The second kappa shape index (κ2) is 5.56. The Kier molecular flexibility index (Phi) is 4.07. The molecule has 17 heavy (non-hydrogen) atoms. The van der Waals surface area contributed by atoms with Crippen molar-refractivity contribution < 1.29 is 9.18 Å². The van der Waals surface area contributed by atoms with Crippen molar-refractivity contribution in [3.05, 3.63) is 56.4 Å². The number of hydrogen-bond donors (Lipinski definition) is 0. The summed E-state index contributed by atoms with van der Waals surface area (Å²) in [4.78, 5) is 13.0. The van der Waals surface area contributed by atoms with Crippen LogP contribution in [0.1, 0.15) is 21.7 Å². The zero-order chi connectivity index (χ0) is 12.3. The molecule has 1 heterocycles. The first-order chi connectivity index (χ1) is 8.16. The van der Waals surface area contributed by atoms with Gasteiger partial charge >= 0.3 is 0 Å². The van der Waals surface area contributed by atoms with E-state index in [4.69, 9.17) is 0 Å². The van der Waals surface area contributed by atoms with E-state index < -0.39 is 5.82 Å². The summed E-state index contributed by atoms with van der Waals surface area (Å²) in [5.74, 6) is -0.420. The van der Waals surface area contributed by atoms with Crippen molar-refractivity contribution >= 4 is 33.0 Å². The number of thiophene rings is 1. The molecule has 0 bridgehead atoms. The number of aryl methyl sites for hydroxylation is 1. The van der Waals surface area contributed by atoms with Crippen LogP contribution in [-0.4, -0.2) is 5.78 Å². The molecule has 0 fully saturated rings. The molecule has 0 aliphatic rings. The van der Waals surface area contributed by atoms with E-state index in [1.165, 1.54) is 10.9 Å². The fourth-order valence-corrected chi connectivity index (χ4v) is 2.46. The lowest BCUT2D eigenvalue weighted by atomic mass is 10.1. The minimum Gasteiger partial charge on any atom is -0.294 e. The third-order valence-corrected chi connectivity index (χ3v) is 4.00. The third kappa shape index (κ3) is 3.23. The van der Waals surface area contributed by atoms with E-state index in [9.17, 15) is 9.18 Å². The number of carbonyl (C=O) groups is 1. The Hall–Kier alpha value is -1.000. The second-order valence-corrected chi connectivity index (χ2v) is 5.52. The highest BCUT2D eigenvalue weighted by molar-refractivity contribution is 9.10. The Balaban J connectivity index is 2.02. The summed E-state index contributed by atoms with van der Waals surface area (Å²) < 4.78 is 13.6. The van der Waals surface area contributed by atoms with Gasteiger partial charge < -0.3 is 0 Å². The van der Waals surface area contributed by atoms with Crippen molar-refractivity contribution in [1.29, 1.82) is 0 Å². The van der Waals surface area contributed by atoms with Gasteiger partial charge in [-0.15, -0.1) is 11.3 Å². The highest BCUT2D eigenvalue weighted by Crippen LogP contribution is 2.18. The van der Waals surface area contributed by atoms with Crippen molar-refractivity contribution in [2.45, 2.75) is 12.8 Å². The molecule has 0 spiro atoms. The largest absolute Gasteiger partial charge is 0.294 e. The maximum atomic E-state index is 13.3. The average Bonchev–Trinajstić information content (AvgIpc) is 2.82. The van der Waals surface area contributed by atoms with Crippen LogP contribution in [0.3, 0.4) is 0 Å². The lowest BCUT2D eigenvalue weighted by molar-refractivity contribution is 0.0982. The van der Waals surface area contributed by atoms with Crippen LogP contribution in [0.4, 0.5) is 4.39 Å². The van der Waals surface area contributed by atoms with Crippen LogP contribution < -0.4 is 0 Å². The molecule has 1 aromatic carbocycles. The van der Waals surface area contributed by atoms with Gasteiger partial charge in [-0.25, -0.2) is 4.39 Å². The zero-order valence-electron chi connectivity index (χ0n) is 8.95. The van der Waals surface area contributed by atoms with E-state index >= 15 is 0 Å². The van der Waals surface area contributed by atoms with Crippen molar-refractivity contribution in [3.63, 3.8) is 0 Å². The summed E-state index contributed by atoms with van der Waals surface area (Å²) in [6, 6.07) is 8.45. The maximum Gasteiger partial charge on any atom is 0.163 e. The van der Waals surface area contributed by atoms with Crippen molar-refractivity contribution in [1.82, 2.24) is 0 Å². The molecule has 0 radical (unpaired) electrons. The minimum atomic E-state index is -0.396. The van der Waals surface area contributed by atoms with E-state index in [1.54, 1.807) is 23.5 Å².